The van der Waals surface area contributed by atoms with Crippen molar-refractivity contribution in [2.24, 2.45) is 4.99 Å². The fourth-order valence-corrected chi connectivity index (χ4v) is 6.00. The Kier molecular flexibility index (Phi) is 7.62. The zero-order chi connectivity index (χ0) is 31.1. The summed E-state index contributed by atoms with van der Waals surface area (Å²) in [6, 6.07) is 20.8. The van der Waals surface area contributed by atoms with E-state index in [4.69, 9.17) is 0 Å². The molecule has 0 spiro atoms. The third-order valence-electron chi connectivity index (χ3n) is 7.49. The van der Waals surface area contributed by atoms with Crippen LogP contribution in [0.1, 0.15) is 49.4 Å². The summed E-state index contributed by atoms with van der Waals surface area (Å²) >= 11 is 1.43. The summed E-state index contributed by atoms with van der Waals surface area (Å²) in [5.41, 5.74) is 4.98. The molecule has 0 atom stereocenters. The molecule has 0 saturated heterocycles. The second-order valence-electron chi connectivity index (χ2n) is 11.0. The van der Waals surface area contributed by atoms with Crippen LogP contribution < -0.4 is 14.9 Å². The predicted octanol–water partition coefficient (Wildman–Crippen LogP) is 7.42. The van der Waals surface area contributed by atoms with E-state index >= 15 is 0 Å². The molecule has 1 fully saturated rings. The number of hydrogen-bond donors (Lipinski definition) is 1. The molecule has 12 heteroatoms. The lowest BCUT2D eigenvalue weighted by Gasteiger charge is -2.17. The van der Waals surface area contributed by atoms with Crippen molar-refractivity contribution in [3.63, 3.8) is 0 Å². The van der Waals surface area contributed by atoms with Gasteiger partial charge in [0.1, 0.15) is 12.1 Å². The third kappa shape index (κ3) is 6.16. The van der Waals surface area contributed by atoms with Gasteiger partial charge in [0.2, 0.25) is 0 Å². The number of hydrogen-bond acceptors (Lipinski definition) is 5. The van der Waals surface area contributed by atoms with Gasteiger partial charge in [0.15, 0.2) is 10.6 Å². The van der Waals surface area contributed by atoms with Crippen LogP contribution >= 0.6 is 11.3 Å². The zero-order valence-corrected chi connectivity index (χ0v) is 25.0. The maximum atomic E-state index is 13.2. The minimum Gasteiger partial charge on any atom is -0.406 e. The summed E-state index contributed by atoms with van der Waals surface area (Å²) in [6.07, 6.45) is -1.66. The average molecular weight is 619 g/mol. The molecule has 2 aromatic heterocycles. The smallest absolute Gasteiger partial charge is 0.406 e. The van der Waals surface area contributed by atoms with Crippen LogP contribution in [-0.4, -0.2) is 31.7 Å². The Hall–Kier alpha value is -4.71. The SMILES string of the molecule is Cc1csc(=NC(=O)NC2(c3ccc(-c4ncn(-c5ccc(OC(F)(F)F)cc5)n4)cc3)CC2)n1-c1ccccc1C(C)C. The van der Waals surface area contributed by atoms with Crippen molar-refractivity contribution in [2.45, 2.75) is 51.4 Å². The van der Waals surface area contributed by atoms with Crippen molar-refractivity contribution in [3.05, 3.63) is 106 Å². The Morgan fingerprint density at radius 2 is 1.75 bits per heavy atom. The maximum Gasteiger partial charge on any atom is 0.573 e. The number of para-hydroxylation sites is 1. The standard InChI is InChI=1S/C32H29F3N6O2S/c1-20(2)26-6-4-5-7-27(26)41-21(3)18-44-30(41)37-29(42)38-31(16-17-31)23-10-8-22(9-11-23)28-36-19-40(39-28)24-12-14-25(15-13-24)43-32(33,34)35/h4-15,18-20H,16-17H2,1-3H3,(H,38,42). The number of halogens is 3. The number of ether oxygens (including phenoxy) is 1. The van der Waals surface area contributed by atoms with E-state index < -0.39 is 17.9 Å². The normalized spacial score (nSPS) is 14.6. The summed E-state index contributed by atoms with van der Waals surface area (Å²) in [6.45, 7) is 6.30. The van der Waals surface area contributed by atoms with E-state index in [2.05, 4.69) is 51.1 Å². The Labute approximate surface area is 255 Å². The number of alkyl halides is 3. The summed E-state index contributed by atoms with van der Waals surface area (Å²) < 4.78 is 44.8. The Morgan fingerprint density at radius 1 is 1.05 bits per heavy atom. The molecule has 2 amide bonds. The zero-order valence-electron chi connectivity index (χ0n) is 24.2. The maximum absolute atomic E-state index is 13.2. The Bertz CT molecular complexity index is 1870. The minimum absolute atomic E-state index is 0.313. The summed E-state index contributed by atoms with van der Waals surface area (Å²) in [5.74, 6) is 0.456. The number of amides is 2. The number of nitrogens with zero attached hydrogens (tertiary/aromatic N) is 5. The van der Waals surface area contributed by atoms with Gasteiger partial charge < -0.3 is 10.1 Å². The number of carbonyl (C=O) groups is 1. The van der Waals surface area contributed by atoms with Gasteiger partial charge in [0.05, 0.1) is 16.9 Å². The number of urea groups is 1. The van der Waals surface area contributed by atoms with E-state index in [0.29, 0.717) is 22.2 Å². The van der Waals surface area contributed by atoms with E-state index in [1.165, 1.54) is 52.2 Å². The van der Waals surface area contributed by atoms with Gasteiger partial charge in [-0.1, -0.05) is 56.3 Å². The molecule has 226 valence electrons. The van der Waals surface area contributed by atoms with Crippen LogP contribution in [-0.2, 0) is 5.54 Å². The molecule has 5 aromatic rings. The molecule has 0 aliphatic heterocycles. The number of carbonyl (C=O) groups excluding carboxylic acids is 1. The van der Waals surface area contributed by atoms with Crippen LogP contribution in [0.25, 0.3) is 22.8 Å². The number of rotatable bonds is 7. The molecular weight excluding hydrogens is 589 g/mol. The molecule has 0 unspecified atom stereocenters. The molecule has 1 N–H and O–H groups in total. The molecule has 1 aliphatic rings. The average Bonchev–Trinajstić information content (AvgIpc) is 3.42. The highest BCUT2D eigenvalue weighted by atomic mass is 32.1. The van der Waals surface area contributed by atoms with E-state index in [-0.39, 0.29) is 5.75 Å². The predicted molar refractivity (Wildman–Crippen MR) is 161 cm³/mol. The van der Waals surface area contributed by atoms with Gasteiger partial charge in [0, 0.05) is 16.6 Å². The van der Waals surface area contributed by atoms with Crippen molar-refractivity contribution < 1.29 is 22.7 Å². The van der Waals surface area contributed by atoms with E-state index in [0.717, 1.165) is 35.3 Å². The topological polar surface area (TPSA) is 86.3 Å². The summed E-state index contributed by atoms with van der Waals surface area (Å²) in [5, 5.41) is 9.60. The van der Waals surface area contributed by atoms with Crippen LogP contribution in [0.3, 0.4) is 0 Å². The Balaban J connectivity index is 1.17. The summed E-state index contributed by atoms with van der Waals surface area (Å²) in [7, 11) is 0. The number of benzene rings is 3. The molecular formula is C32H29F3N6O2S. The molecule has 6 rings (SSSR count). The van der Waals surface area contributed by atoms with Gasteiger partial charge in [-0.25, -0.2) is 14.5 Å². The lowest BCUT2D eigenvalue weighted by molar-refractivity contribution is -0.274. The highest BCUT2D eigenvalue weighted by molar-refractivity contribution is 7.07. The first-order chi connectivity index (χ1) is 21.0. The van der Waals surface area contributed by atoms with Crippen LogP contribution in [0.4, 0.5) is 18.0 Å². The highest BCUT2D eigenvalue weighted by Crippen LogP contribution is 2.45. The van der Waals surface area contributed by atoms with Crippen molar-refractivity contribution in [1.82, 2.24) is 24.6 Å². The van der Waals surface area contributed by atoms with Gasteiger partial charge in [-0.3, -0.25) is 4.57 Å². The monoisotopic (exact) mass is 618 g/mol. The van der Waals surface area contributed by atoms with Gasteiger partial charge in [-0.05, 0) is 67.1 Å². The molecule has 2 heterocycles. The fourth-order valence-electron chi connectivity index (χ4n) is 5.13. The van der Waals surface area contributed by atoms with Crippen molar-refractivity contribution in [3.8, 4) is 28.5 Å². The first kappa shape index (κ1) is 29.4. The minimum atomic E-state index is -4.75. The largest absolute Gasteiger partial charge is 0.573 e. The van der Waals surface area contributed by atoms with Gasteiger partial charge >= 0.3 is 12.4 Å². The first-order valence-electron chi connectivity index (χ1n) is 14.0. The van der Waals surface area contributed by atoms with Crippen LogP contribution in [0.15, 0.2) is 89.5 Å². The first-order valence-corrected chi connectivity index (χ1v) is 14.9. The van der Waals surface area contributed by atoms with Gasteiger partial charge in [0.25, 0.3) is 0 Å². The van der Waals surface area contributed by atoms with Crippen LogP contribution in [0.2, 0.25) is 0 Å². The molecule has 1 aliphatic carbocycles. The van der Waals surface area contributed by atoms with E-state index in [9.17, 15) is 18.0 Å². The van der Waals surface area contributed by atoms with Crippen molar-refractivity contribution in [2.75, 3.05) is 0 Å². The van der Waals surface area contributed by atoms with Crippen LogP contribution in [0, 0.1) is 6.92 Å². The van der Waals surface area contributed by atoms with Gasteiger partial charge in [-0.15, -0.1) is 29.6 Å². The van der Waals surface area contributed by atoms with Gasteiger partial charge in [-0.2, -0.15) is 4.99 Å². The summed E-state index contributed by atoms with van der Waals surface area (Å²) in [4.78, 5) is 22.6. The van der Waals surface area contributed by atoms with Crippen LogP contribution in [0.5, 0.6) is 5.75 Å². The fraction of sp³-hybridized carbons (Fsp3) is 0.250. The molecule has 8 nitrogen and oxygen atoms in total. The van der Waals surface area contributed by atoms with E-state index in [1.807, 2.05) is 53.3 Å². The number of thiazole rings is 1. The molecule has 0 radical (unpaired) electrons. The molecule has 44 heavy (non-hydrogen) atoms. The second kappa shape index (κ2) is 11.4. The highest BCUT2D eigenvalue weighted by Gasteiger charge is 2.45. The number of aryl methyl sites for hydroxylation is 1. The third-order valence-corrected chi connectivity index (χ3v) is 8.44. The van der Waals surface area contributed by atoms with E-state index in [1.54, 1.807) is 0 Å². The molecule has 1 saturated carbocycles. The number of nitrogens with one attached hydrogen (secondary N) is 1. The lowest BCUT2D eigenvalue weighted by Crippen LogP contribution is -2.34. The number of aromatic nitrogens is 4. The van der Waals surface area contributed by atoms with Crippen molar-refractivity contribution in [1.29, 1.82) is 0 Å². The lowest BCUT2D eigenvalue weighted by atomic mass is 10.0. The van der Waals surface area contributed by atoms with Crippen molar-refractivity contribution >= 4 is 17.4 Å². The Morgan fingerprint density at radius 3 is 2.41 bits per heavy atom. The molecule has 0 bridgehead atoms. The molecule has 3 aromatic carbocycles. The quantitative estimate of drug-likeness (QED) is 0.206. The second-order valence-corrected chi connectivity index (χ2v) is 11.8.